The number of carbonyl (C=O) groups is 1. The van der Waals surface area contributed by atoms with Crippen LogP contribution in [0.2, 0.25) is 5.02 Å². The van der Waals surface area contributed by atoms with Gasteiger partial charge in [-0.2, -0.15) is 0 Å². The summed E-state index contributed by atoms with van der Waals surface area (Å²) in [6.45, 7) is 0.365. The van der Waals surface area contributed by atoms with Crippen molar-refractivity contribution >= 4 is 45.9 Å². The Kier molecular flexibility index (Phi) is 6.86. The smallest absolute Gasteiger partial charge is 0.270 e. The molecule has 0 fully saturated rings. The number of ether oxygens (including phenoxy) is 1. The second-order valence-electron chi connectivity index (χ2n) is 7.13. The minimum Gasteiger partial charge on any atom is -0.497 e. The van der Waals surface area contributed by atoms with Gasteiger partial charge in [0.15, 0.2) is 0 Å². The molecule has 4 rings (SSSR count). The van der Waals surface area contributed by atoms with Crippen LogP contribution in [0.3, 0.4) is 0 Å². The summed E-state index contributed by atoms with van der Waals surface area (Å²) in [7, 11) is 1.63. The number of aromatic amines is 1. The third-order valence-electron chi connectivity index (χ3n) is 5.08. The lowest BCUT2D eigenvalue weighted by molar-refractivity contribution is -0.384. The van der Waals surface area contributed by atoms with Gasteiger partial charge in [-0.15, -0.1) is 11.8 Å². The molecule has 7 nitrogen and oxygen atoms in total. The summed E-state index contributed by atoms with van der Waals surface area (Å²) < 4.78 is 5.26. The van der Waals surface area contributed by atoms with Crippen molar-refractivity contribution in [2.24, 2.45) is 0 Å². The Morgan fingerprint density at radius 2 is 1.91 bits per heavy atom. The number of hydrogen-bond donors (Lipinski definition) is 2. The number of hydrogen-bond acceptors (Lipinski definition) is 5. The Morgan fingerprint density at radius 3 is 2.64 bits per heavy atom. The van der Waals surface area contributed by atoms with Gasteiger partial charge in [0.2, 0.25) is 0 Å². The number of thioether (sulfide) groups is 1. The van der Waals surface area contributed by atoms with Crippen LogP contribution in [0, 0.1) is 10.1 Å². The molecule has 1 heterocycles. The number of aromatic nitrogens is 1. The number of rotatable bonds is 8. The summed E-state index contributed by atoms with van der Waals surface area (Å²) >= 11 is 7.68. The number of para-hydroxylation sites is 1. The SMILES string of the molecule is COc1ccc(-c2[nH]c3ccccc3c2SCCNC(=O)c2cc([N+](=O)[O-])ccc2Cl)cc1. The second kappa shape index (κ2) is 9.97. The van der Waals surface area contributed by atoms with Crippen LogP contribution in [0.1, 0.15) is 10.4 Å². The summed E-state index contributed by atoms with van der Waals surface area (Å²) in [6, 6.07) is 19.7. The minimum absolute atomic E-state index is 0.0851. The molecule has 0 atom stereocenters. The van der Waals surface area contributed by atoms with Crippen molar-refractivity contribution in [1.82, 2.24) is 10.3 Å². The molecule has 0 aliphatic carbocycles. The largest absolute Gasteiger partial charge is 0.497 e. The molecule has 1 amide bonds. The number of benzene rings is 3. The van der Waals surface area contributed by atoms with Gasteiger partial charge >= 0.3 is 0 Å². The van der Waals surface area contributed by atoms with E-state index in [0.29, 0.717) is 12.3 Å². The molecular formula is C24H20ClN3O4S. The molecule has 0 saturated heterocycles. The number of nitro groups is 1. The van der Waals surface area contributed by atoms with Crippen molar-refractivity contribution in [2.75, 3.05) is 19.4 Å². The van der Waals surface area contributed by atoms with Gasteiger partial charge in [0.05, 0.1) is 28.3 Å². The first-order valence-corrected chi connectivity index (χ1v) is 11.4. The number of fused-ring (bicyclic) bond motifs is 1. The lowest BCUT2D eigenvalue weighted by Crippen LogP contribution is -2.26. The minimum atomic E-state index is -0.555. The van der Waals surface area contributed by atoms with Crippen molar-refractivity contribution in [3.05, 3.63) is 87.4 Å². The molecule has 0 unspecified atom stereocenters. The molecule has 2 N–H and O–H groups in total. The topological polar surface area (TPSA) is 97.3 Å². The molecule has 0 bridgehead atoms. The number of amides is 1. The molecule has 4 aromatic rings. The summed E-state index contributed by atoms with van der Waals surface area (Å²) in [5, 5.41) is 15.1. The number of halogens is 1. The number of carbonyl (C=O) groups excluding carboxylic acids is 1. The zero-order chi connectivity index (χ0) is 23.4. The van der Waals surface area contributed by atoms with Gasteiger partial charge in [-0.3, -0.25) is 14.9 Å². The lowest BCUT2D eigenvalue weighted by Gasteiger charge is -2.08. The van der Waals surface area contributed by atoms with Gasteiger partial charge < -0.3 is 15.0 Å². The number of nitrogens with one attached hydrogen (secondary N) is 2. The number of nitro benzene ring substituents is 1. The van der Waals surface area contributed by atoms with Crippen LogP contribution < -0.4 is 10.1 Å². The Morgan fingerprint density at radius 1 is 1.15 bits per heavy atom. The van der Waals surface area contributed by atoms with Crippen molar-refractivity contribution < 1.29 is 14.5 Å². The van der Waals surface area contributed by atoms with E-state index >= 15 is 0 Å². The summed E-state index contributed by atoms with van der Waals surface area (Å²) in [6.07, 6.45) is 0. The van der Waals surface area contributed by atoms with Crippen LogP contribution in [0.4, 0.5) is 5.69 Å². The van der Waals surface area contributed by atoms with E-state index in [-0.39, 0.29) is 16.3 Å². The zero-order valence-electron chi connectivity index (χ0n) is 17.6. The normalized spacial score (nSPS) is 10.8. The molecule has 168 valence electrons. The van der Waals surface area contributed by atoms with E-state index in [9.17, 15) is 14.9 Å². The van der Waals surface area contributed by atoms with Gasteiger partial charge in [-0.05, 0) is 42.0 Å². The first kappa shape index (κ1) is 22.7. The quantitative estimate of drug-likeness (QED) is 0.141. The molecule has 33 heavy (non-hydrogen) atoms. The van der Waals surface area contributed by atoms with Crippen LogP contribution >= 0.6 is 23.4 Å². The van der Waals surface area contributed by atoms with Crippen molar-refractivity contribution in [3.8, 4) is 17.0 Å². The van der Waals surface area contributed by atoms with Crippen LogP contribution in [-0.4, -0.2) is 35.2 Å². The van der Waals surface area contributed by atoms with Crippen LogP contribution in [0.15, 0.2) is 71.6 Å². The molecule has 0 saturated carbocycles. The van der Waals surface area contributed by atoms with Crippen molar-refractivity contribution in [3.63, 3.8) is 0 Å². The number of non-ortho nitro benzene ring substituents is 1. The first-order chi connectivity index (χ1) is 16.0. The fourth-order valence-corrected chi connectivity index (χ4v) is 4.70. The molecule has 1 aromatic heterocycles. The van der Waals surface area contributed by atoms with Gasteiger partial charge in [-0.25, -0.2) is 0 Å². The van der Waals surface area contributed by atoms with E-state index in [4.69, 9.17) is 16.3 Å². The molecule has 9 heteroatoms. The maximum atomic E-state index is 12.5. The second-order valence-corrected chi connectivity index (χ2v) is 8.64. The average molecular weight is 482 g/mol. The van der Waals surface area contributed by atoms with Gasteiger partial charge in [0.25, 0.3) is 11.6 Å². The van der Waals surface area contributed by atoms with Crippen molar-refractivity contribution in [2.45, 2.75) is 4.90 Å². The summed E-state index contributed by atoms with van der Waals surface area (Å²) in [5.41, 5.74) is 2.96. The Labute approximate surface area is 199 Å². The molecule has 0 radical (unpaired) electrons. The van der Waals surface area contributed by atoms with E-state index in [0.717, 1.165) is 32.8 Å². The highest BCUT2D eigenvalue weighted by atomic mass is 35.5. The number of nitrogens with zero attached hydrogens (tertiary/aromatic N) is 1. The van der Waals surface area contributed by atoms with Crippen LogP contribution in [-0.2, 0) is 0 Å². The fraction of sp³-hybridized carbons (Fsp3) is 0.125. The number of methoxy groups -OCH3 is 1. The van der Waals surface area contributed by atoms with E-state index < -0.39 is 10.8 Å². The zero-order valence-corrected chi connectivity index (χ0v) is 19.2. The van der Waals surface area contributed by atoms with Gasteiger partial charge in [-0.1, -0.05) is 29.8 Å². The molecule has 0 aliphatic rings. The van der Waals surface area contributed by atoms with Gasteiger partial charge in [0, 0.05) is 40.2 Å². The van der Waals surface area contributed by atoms with E-state index in [1.165, 1.54) is 18.2 Å². The van der Waals surface area contributed by atoms with Crippen LogP contribution in [0.25, 0.3) is 22.2 Å². The monoisotopic (exact) mass is 481 g/mol. The molecule has 3 aromatic carbocycles. The standard InChI is InChI=1S/C24H20ClN3O4S/c1-32-17-9-6-15(7-10-17)22-23(18-4-2-3-5-21(18)27-22)33-13-12-26-24(29)19-14-16(28(30)31)8-11-20(19)25/h2-11,14,27H,12-13H2,1H3,(H,26,29). The van der Waals surface area contributed by atoms with E-state index in [1.54, 1.807) is 18.9 Å². The third-order valence-corrected chi connectivity index (χ3v) is 6.53. The highest BCUT2D eigenvalue weighted by Crippen LogP contribution is 2.38. The number of H-pyrrole nitrogens is 1. The van der Waals surface area contributed by atoms with E-state index in [1.807, 2.05) is 42.5 Å². The Hall–Kier alpha value is -3.49. The molecule has 0 aliphatic heterocycles. The van der Waals surface area contributed by atoms with Crippen molar-refractivity contribution in [1.29, 1.82) is 0 Å². The first-order valence-electron chi connectivity index (χ1n) is 10.1. The lowest BCUT2D eigenvalue weighted by atomic mass is 10.1. The highest BCUT2D eigenvalue weighted by Gasteiger charge is 2.17. The summed E-state index contributed by atoms with van der Waals surface area (Å²) in [4.78, 5) is 27.5. The molecular weight excluding hydrogens is 462 g/mol. The Bertz CT molecular complexity index is 1320. The maximum Gasteiger partial charge on any atom is 0.270 e. The van der Waals surface area contributed by atoms with Gasteiger partial charge in [0.1, 0.15) is 5.75 Å². The predicted molar refractivity (Wildman–Crippen MR) is 131 cm³/mol. The fourth-order valence-electron chi connectivity index (χ4n) is 3.44. The maximum absolute atomic E-state index is 12.5. The Balaban J connectivity index is 1.49. The molecule has 0 spiro atoms. The van der Waals surface area contributed by atoms with E-state index in [2.05, 4.69) is 16.4 Å². The average Bonchev–Trinajstić information content (AvgIpc) is 3.20. The van der Waals surface area contributed by atoms with Crippen LogP contribution in [0.5, 0.6) is 5.75 Å². The predicted octanol–water partition coefficient (Wildman–Crippen LogP) is 5.93. The summed E-state index contributed by atoms with van der Waals surface area (Å²) in [5.74, 6) is 0.939. The third kappa shape index (κ3) is 4.97. The highest BCUT2D eigenvalue weighted by molar-refractivity contribution is 7.99.